The van der Waals surface area contributed by atoms with Gasteiger partial charge in [0.2, 0.25) is 5.91 Å². The van der Waals surface area contributed by atoms with Gasteiger partial charge in [-0.05, 0) is 18.4 Å². The number of aryl methyl sites for hydroxylation is 1. The molecule has 22 heavy (non-hydrogen) atoms. The van der Waals surface area contributed by atoms with Crippen LogP contribution in [0.4, 0.5) is 0 Å². The lowest BCUT2D eigenvalue weighted by molar-refractivity contribution is -0.132. The van der Waals surface area contributed by atoms with Crippen LogP contribution in [0.5, 0.6) is 0 Å². The molecule has 0 aliphatic rings. The Balaban J connectivity index is 2.00. The van der Waals surface area contributed by atoms with Gasteiger partial charge in [0.25, 0.3) is 0 Å². The molecule has 2 aromatic rings. The fourth-order valence-electron chi connectivity index (χ4n) is 2.46. The van der Waals surface area contributed by atoms with E-state index in [4.69, 9.17) is 0 Å². The van der Waals surface area contributed by atoms with E-state index in [1.165, 1.54) is 0 Å². The molecule has 0 saturated heterocycles. The number of H-pyrrole nitrogens is 1. The third-order valence-electron chi connectivity index (χ3n) is 3.69. The Hall–Kier alpha value is -2.14. The van der Waals surface area contributed by atoms with Crippen molar-refractivity contribution in [1.29, 1.82) is 0 Å². The number of nitrogens with one attached hydrogen (secondary N) is 1. The number of aliphatic hydroxyl groups is 1. The average Bonchev–Trinajstić information content (AvgIpc) is 2.93. The Morgan fingerprint density at radius 3 is 2.68 bits per heavy atom. The SMILES string of the molecule is Cc1ncc(CN(CCO)C(=O)C[C@H](C)c2ccccc2)[nH]1. The maximum Gasteiger partial charge on any atom is 0.223 e. The lowest BCUT2D eigenvalue weighted by Crippen LogP contribution is -2.33. The summed E-state index contributed by atoms with van der Waals surface area (Å²) in [5, 5.41) is 9.20. The zero-order valence-corrected chi connectivity index (χ0v) is 13.1. The van der Waals surface area contributed by atoms with Crippen molar-refractivity contribution in [3.8, 4) is 0 Å². The second kappa shape index (κ2) is 7.75. The molecule has 0 fully saturated rings. The first-order valence-electron chi connectivity index (χ1n) is 7.54. The number of nitrogens with zero attached hydrogens (tertiary/aromatic N) is 2. The molecule has 0 saturated carbocycles. The summed E-state index contributed by atoms with van der Waals surface area (Å²) in [6.07, 6.45) is 2.16. The molecule has 0 aliphatic carbocycles. The van der Waals surface area contributed by atoms with E-state index in [1.807, 2.05) is 44.2 Å². The summed E-state index contributed by atoms with van der Waals surface area (Å²) in [7, 11) is 0. The van der Waals surface area contributed by atoms with Gasteiger partial charge < -0.3 is 15.0 Å². The molecule has 5 heteroatoms. The molecule has 0 spiro atoms. The van der Waals surface area contributed by atoms with E-state index < -0.39 is 0 Å². The van der Waals surface area contributed by atoms with Gasteiger partial charge in [-0.2, -0.15) is 0 Å². The number of carbonyl (C=O) groups excluding carboxylic acids is 1. The summed E-state index contributed by atoms with van der Waals surface area (Å²) >= 11 is 0. The molecule has 1 atom stereocenters. The maximum atomic E-state index is 12.5. The van der Waals surface area contributed by atoms with Crippen LogP contribution in [0.25, 0.3) is 0 Å². The Morgan fingerprint density at radius 1 is 1.36 bits per heavy atom. The predicted molar refractivity (Wildman–Crippen MR) is 85.3 cm³/mol. The fourth-order valence-corrected chi connectivity index (χ4v) is 2.46. The van der Waals surface area contributed by atoms with Crippen LogP contribution in [0, 0.1) is 6.92 Å². The number of hydrogen-bond acceptors (Lipinski definition) is 3. The quantitative estimate of drug-likeness (QED) is 0.824. The molecule has 1 heterocycles. The largest absolute Gasteiger partial charge is 0.395 e. The van der Waals surface area contributed by atoms with Gasteiger partial charge in [0.1, 0.15) is 5.82 Å². The van der Waals surface area contributed by atoms with Crippen molar-refractivity contribution in [3.63, 3.8) is 0 Å². The second-order valence-corrected chi connectivity index (χ2v) is 5.55. The molecule has 2 N–H and O–H groups in total. The van der Waals surface area contributed by atoms with E-state index in [2.05, 4.69) is 9.97 Å². The summed E-state index contributed by atoms with van der Waals surface area (Å²) in [5.41, 5.74) is 2.03. The predicted octanol–water partition coefficient (Wildman–Crippen LogP) is 2.23. The van der Waals surface area contributed by atoms with E-state index in [9.17, 15) is 9.90 Å². The monoisotopic (exact) mass is 301 g/mol. The standard InChI is InChI=1S/C17H23N3O2/c1-13(15-6-4-3-5-7-15)10-17(22)20(8-9-21)12-16-11-18-14(2)19-16/h3-7,11,13,21H,8-10,12H2,1-2H3,(H,18,19)/t13-/m0/s1. The van der Waals surface area contributed by atoms with Gasteiger partial charge in [0.05, 0.1) is 25.0 Å². The molecule has 1 aromatic carbocycles. The van der Waals surface area contributed by atoms with Crippen LogP contribution in [0.15, 0.2) is 36.5 Å². The molecule has 0 radical (unpaired) electrons. The zero-order valence-electron chi connectivity index (χ0n) is 13.1. The maximum absolute atomic E-state index is 12.5. The number of imidazole rings is 1. The van der Waals surface area contributed by atoms with E-state index in [0.717, 1.165) is 17.1 Å². The van der Waals surface area contributed by atoms with Crippen molar-refractivity contribution in [2.75, 3.05) is 13.2 Å². The first-order valence-corrected chi connectivity index (χ1v) is 7.54. The van der Waals surface area contributed by atoms with Crippen LogP contribution in [0.1, 0.15) is 36.3 Å². The second-order valence-electron chi connectivity index (χ2n) is 5.55. The third kappa shape index (κ3) is 4.43. The number of aromatic amines is 1. The summed E-state index contributed by atoms with van der Waals surface area (Å²) in [4.78, 5) is 21.4. The van der Waals surface area contributed by atoms with Crippen molar-refractivity contribution < 1.29 is 9.90 Å². The fraction of sp³-hybridized carbons (Fsp3) is 0.412. The highest BCUT2D eigenvalue weighted by molar-refractivity contribution is 5.77. The van der Waals surface area contributed by atoms with Gasteiger partial charge >= 0.3 is 0 Å². The number of carbonyl (C=O) groups is 1. The van der Waals surface area contributed by atoms with Gasteiger partial charge in [-0.15, -0.1) is 0 Å². The number of aromatic nitrogens is 2. The number of benzene rings is 1. The van der Waals surface area contributed by atoms with Crippen molar-refractivity contribution >= 4 is 5.91 Å². The number of hydrogen-bond donors (Lipinski definition) is 2. The smallest absolute Gasteiger partial charge is 0.223 e. The Labute approximate surface area is 131 Å². The van der Waals surface area contributed by atoms with Gasteiger partial charge in [0, 0.05) is 13.0 Å². The zero-order chi connectivity index (χ0) is 15.9. The summed E-state index contributed by atoms with van der Waals surface area (Å²) in [6, 6.07) is 10.0. The number of amides is 1. The third-order valence-corrected chi connectivity index (χ3v) is 3.69. The van der Waals surface area contributed by atoms with Crippen LogP contribution in [-0.2, 0) is 11.3 Å². The van der Waals surface area contributed by atoms with Crippen molar-refractivity contribution in [2.45, 2.75) is 32.7 Å². The summed E-state index contributed by atoms with van der Waals surface area (Å²) in [6.45, 7) is 4.66. The van der Waals surface area contributed by atoms with Gasteiger partial charge in [-0.1, -0.05) is 37.3 Å². The van der Waals surface area contributed by atoms with Gasteiger partial charge in [-0.25, -0.2) is 4.98 Å². The van der Waals surface area contributed by atoms with Crippen molar-refractivity contribution in [3.05, 3.63) is 53.6 Å². The molecule has 1 aromatic heterocycles. The molecule has 1 amide bonds. The minimum Gasteiger partial charge on any atom is -0.395 e. The molecule has 5 nitrogen and oxygen atoms in total. The number of rotatable bonds is 7. The Kier molecular flexibility index (Phi) is 5.72. The van der Waals surface area contributed by atoms with E-state index >= 15 is 0 Å². The highest BCUT2D eigenvalue weighted by Crippen LogP contribution is 2.20. The van der Waals surface area contributed by atoms with Gasteiger partial charge in [0.15, 0.2) is 0 Å². The average molecular weight is 301 g/mol. The molecule has 0 aliphatic heterocycles. The van der Waals surface area contributed by atoms with E-state index in [0.29, 0.717) is 19.5 Å². The molecule has 118 valence electrons. The molecular formula is C17H23N3O2. The molecular weight excluding hydrogens is 278 g/mol. The lowest BCUT2D eigenvalue weighted by atomic mass is 9.97. The highest BCUT2D eigenvalue weighted by atomic mass is 16.3. The topological polar surface area (TPSA) is 69.2 Å². The molecule has 2 rings (SSSR count). The summed E-state index contributed by atoms with van der Waals surface area (Å²) < 4.78 is 0. The lowest BCUT2D eigenvalue weighted by Gasteiger charge is -2.23. The van der Waals surface area contributed by atoms with Crippen molar-refractivity contribution in [2.24, 2.45) is 0 Å². The molecule has 0 unspecified atom stereocenters. The van der Waals surface area contributed by atoms with Crippen LogP contribution in [0.3, 0.4) is 0 Å². The van der Waals surface area contributed by atoms with Crippen LogP contribution >= 0.6 is 0 Å². The normalized spacial score (nSPS) is 12.1. The number of aliphatic hydroxyl groups excluding tert-OH is 1. The van der Waals surface area contributed by atoms with Gasteiger partial charge in [-0.3, -0.25) is 4.79 Å². The van der Waals surface area contributed by atoms with Crippen LogP contribution in [0.2, 0.25) is 0 Å². The Morgan fingerprint density at radius 2 is 2.09 bits per heavy atom. The Bertz CT molecular complexity index is 595. The minimum absolute atomic E-state index is 0.0395. The summed E-state index contributed by atoms with van der Waals surface area (Å²) in [5.74, 6) is 1.01. The van der Waals surface area contributed by atoms with Crippen molar-refractivity contribution in [1.82, 2.24) is 14.9 Å². The van der Waals surface area contributed by atoms with E-state index in [-0.39, 0.29) is 18.4 Å². The van der Waals surface area contributed by atoms with Crippen LogP contribution < -0.4 is 0 Å². The highest BCUT2D eigenvalue weighted by Gasteiger charge is 2.18. The molecule has 0 bridgehead atoms. The van der Waals surface area contributed by atoms with E-state index in [1.54, 1.807) is 11.1 Å². The minimum atomic E-state index is -0.0431. The first kappa shape index (κ1) is 16.2. The first-order chi connectivity index (χ1) is 10.6. The van der Waals surface area contributed by atoms with Crippen LogP contribution in [-0.4, -0.2) is 39.0 Å².